The van der Waals surface area contributed by atoms with Crippen LogP contribution in [0.25, 0.3) is 0 Å². The normalized spacial score (nSPS) is 24.2. The van der Waals surface area contributed by atoms with Crippen molar-refractivity contribution in [3.63, 3.8) is 0 Å². The van der Waals surface area contributed by atoms with Crippen molar-refractivity contribution in [1.82, 2.24) is 0 Å². The second-order valence-corrected chi connectivity index (χ2v) is 4.45. The summed E-state index contributed by atoms with van der Waals surface area (Å²) in [5.74, 6) is -0.588. The van der Waals surface area contributed by atoms with Gasteiger partial charge in [0.05, 0.1) is 13.2 Å². The molecule has 2 rings (SSSR count). The number of cyclic esters (lactones) is 1. The van der Waals surface area contributed by atoms with E-state index in [-0.39, 0.29) is 18.5 Å². The summed E-state index contributed by atoms with van der Waals surface area (Å²) in [6.45, 7) is 4.83. The first-order valence-corrected chi connectivity index (χ1v) is 6.22. The van der Waals surface area contributed by atoms with Gasteiger partial charge in [-0.15, -0.1) is 6.58 Å². The van der Waals surface area contributed by atoms with Crippen LogP contribution in [0.5, 0.6) is 0 Å². The molecule has 102 valence electrons. The van der Waals surface area contributed by atoms with Crippen molar-refractivity contribution < 1.29 is 19.0 Å². The van der Waals surface area contributed by atoms with Gasteiger partial charge in [0.15, 0.2) is 6.10 Å². The predicted octanol–water partition coefficient (Wildman–Crippen LogP) is 2.08. The van der Waals surface area contributed by atoms with Crippen LogP contribution in [0.1, 0.15) is 11.1 Å². The minimum absolute atomic E-state index is 0.206. The molecule has 1 aliphatic rings. The molecule has 1 heterocycles. The third-order valence-corrected chi connectivity index (χ3v) is 3.23. The van der Waals surface area contributed by atoms with Crippen molar-refractivity contribution in [3.8, 4) is 0 Å². The fourth-order valence-corrected chi connectivity index (χ4v) is 2.10. The molecule has 0 N–H and O–H groups in total. The van der Waals surface area contributed by atoms with Crippen LogP contribution in [-0.4, -0.2) is 25.8 Å². The Kier molecular flexibility index (Phi) is 4.71. The van der Waals surface area contributed by atoms with Crippen molar-refractivity contribution in [2.24, 2.45) is 5.92 Å². The van der Waals surface area contributed by atoms with Gasteiger partial charge in [0.25, 0.3) is 0 Å². The maximum atomic E-state index is 12.0. The fraction of sp³-hybridized carbons (Fsp3) is 0.400. The van der Waals surface area contributed by atoms with Crippen LogP contribution in [0.2, 0.25) is 0 Å². The standard InChI is InChI=1S/C15H18O4/c1-3-11-8-18-9-12-6-4-5-7-13(12)10-19-15(16)14(11)17-2/h3-7,11,14H,1,8-10H2,2H3/t11-,14-/m1/s1. The SMILES string of the molecule is C=C[C@@H]1COCc2ccccc2COC(=O)[C@@H]1OC. The first-order chi connectivity index (χ1) is 9.26. The molecule has 0 aliphatic carbocycles. The van der Waals surface area contributed by atoms with Crippen LogP contribution in [0.15, 0.2) is 36.9 Å². The number of fused-ring (bicyclic) bond motifs is 1. The van der Waals surface area contributed by atoms with Crippen LogP contribution in [-0.2, 0) is 32.2 Å². The van der Waals surface area contributed by atoms with E-state index in [1.54, 1.807) is 6.08 Å². The molecular formula is C15H18O4. The first-order valence-electron chi connectivity index (χ1n) is 6.22. The van der Waals surface area contributed by atoms with E-state index in [1.807, 2.05) is 24.3 Å². The van der Waals surface area contributed by atoms with Crippen molar-refractivity contribution in [2.45, 2.75) is 19.3 Å². The van der Waals surface area contributed by atoms with E-state index in [2.05, 4.69) is 6.58 Å². The van der Waals surface area contributed by atoms with Gasteiger partial charge in [-0.3, -0.25) is 0 Å². The van der Waals surface area contributed by atoms with Gasteiger partial charge in [-0.2, -0.15) is 0 Å². The van der Waals surface area contributed by atoms with E-state index in [0.29, 0.717) is 13.2 Å². The van der Waals surface area contributed by atoms with Crippen molar-refractivity contribution >= 4 is 5.97 Å². The third-order valence-electron chi connectivity index (χ3n) is 3.23. The van der Waals surface area contributed by atoms with E-state index < -0.39 is 6.10 Å². The third kappa shape index (κ3) is 3.22. The van der Waals surface area contributed by atoms with E-state index in [0.717, 1.165) is 11.1 Å². The Morgan fingerprint density at radius 3 is 2.63 bits per heavy atom. The molecule has 1 aliphatic heterocycles. The molecule has 0 spiro atoms. The smallest absolute Gasteiger partial charge is 0.336 e. The maximum Gasteiger partial charge on any atom is 0.336 e. The second kappa shape index (κ2) is 6.50. The highest BCUT2D eigenvalue weighted by molar-refractivity contribution is 5.75. The molecule has 0 amide bonds. The second-order valence-electron chi connectivity index (χ2n) is 4.45. The monoisotopic (exact) mass is 262 g/mol. The van der Waals surface area contributed by atoms with Gasteiger partial charge in [0.1, 0.15) is 6.61 Å². The fourth-order valence-electron chi connectivity index (χ4n) is 2.10. The lowest BCUT2D eigenvalue weighted by molar-refractivity contribution is -0.161. The molecule has 0 unspecified atom stereocenters. The van der Waals surface area contributed by atoms with Crippen molar-refractivity contribution in [3.05, 3.63) is 48.0 Å². The zero-order valence-corrected chi connectivity index (χ0v) is 11.0. The zero-order valence-electron chi connectivity index (χ0n) is 11.0. The molecule has 0 saturated heterocycles. The molecule has 1 aromatic carbocycles. The molecule has 0 bridgehead atoms. The summed E-state index contributed by atoms with van der Waals surface area (Å²) in [7, 11) is 1.49. The lowest BCUT2D eigenvalue weighted by Crippen LogP contribution is -2.35. The number of ether oxygens (including phenoxy) is 3. The van der Waals surface area contributed by atoms with Gasteiger partial charge < -0.3 is 14.2 Å². The van der Waals surface area contributed by atoms with Gasteiger partial charge in [-0.25, -0.2) is 4.79 Å². The molecule has 0 aromatic heterocycles. The highest BCUT2D eigenvalue weighted by Crippen LogP contribution is 2.18. The number of hydrogen-bond donors (Lipinski definition) is 0. The highest BCUT2D eigenvalue weighted by Gasteiger charge is 2.28. The number of carbonyl (C=O) groups is 1. The average Bonchev–Trinajstić information content (AvgIpc) is 2.45. The molecular weight excluding hydrogens is 244 g/mol. The van der Waals surface area contributed by atoms with Gasteiger partial charge in [-0.1, -0.05) is 30.3 Å². The summed E-state index contributed by atoms with van der Waals surface area (Å²) in [5, 5.41) is 0. The average molecular weight is 262 g/mol. The molecule has 2 atom stereocenters. The lowest BCUT2D eigenvalue weighted by atomic mass is 10.0. The van der Waals surface area contributed by atoms with Crippen molar-refractivity contribution in [2.75, 3.05) is 13.7 Å². The minimum atomic E-state index is -0.664. The molecule has 0 fully saturated rings. The number of methoxy groups -OCH3 is 1. The van der Waals surface area contributed by atoms with E-state index in [1.165, 1.54) is 7.11 Å². The minimum Gasteiger partial charge on any atom is -0.459 e. The van der Waals surface area contributed by atoms with Gasteiger partial charge in [0, 0.05) is 13.0 Å². The van der Waals surface area contributed by atoms with Crippen LogP contribution in [0.4, 0.5) is 0 Å². The van der Waals surface area contributed by atoms with Crippen LogP contribution in [0, 0.1) is 5.92 Å². The largest absolute Gasteiger partial charge is 0.459 e. The van der Waals surface area contributed by atoms with Gasteiger partial charge in [0.2, 0.25) is 0 Å². The summed E-state index contributed by atoms with van der Waals surface area (Å²) in [5.41, 5.74) is 2.00. The summed E-state index contributed by atoms with van der Waals surface area (Å²) >= 11 is 0. The zero-order chi connectivity index (χ0) is 13.7. The number of rotatable bonds is 2. The van der Waals surface area contributed by atoms with E-state index in [4.69, 9.17) is 14.2 Å². The summed E-state index contributed by atoms with van der Waals surface area (Å²) in [4.78, 5) is 12.0. The molecule has 0 saturated carbocycles. The van der Waals surface area contributed by atoms with E-state index in [9.17, 15) is 4.79 Å². The Labute approximate surface area is 113 Å². The van der Waals surface area contributed by atoms with E-state index >= 15 is 0 Å². The first kappa shape index (κ1) is 13.8. The molecule has 0 radical (unpaired) electrons. The highest BCUT2D eigenvalue weighted by atomic mass is 16.6. The van der Waals surface area contributed by atoms with Gasteiger partial charge in [-0.05, 0) is 11.1 Å². The van der Waals surface area contributed by atoms with Crippen LogP contribution in [0.3, 0.4) is 0 Å². The molecule has 19 heavy (non-hydrogen) atoms. The Balaban J connectivity index is 2.21. The Morgan fingerprint density at radius 2 is 2.00 bits per heavy atom. The summed E-state index contributed by atoms with van der Waals surface area (Å²) < 4.78 is 16.2. The summed E-state index contributed by atoms with van der Waals surface area (Å²) in [6, 6.07) is 7.76. The number of carbonyl (C=O) groups excluding carboxylic acids is 1. The lowest BCUT2D eigenvalue weighted by Gasteiger charge is -2.24. The van der Waals surface area contributed by atoms with Gasteiger partial charge >= 0.3 is 5.97 Å². The predicted molar refractivity (Wildman–Crippen MR) is 70.4 cm³/mol. The maximum absolute atomic E-state index is 12.0. The molecule has 4 nitrogen and oxygen atoms in total. The Morgan fingerprint density at radius 1 is 1.32 bits per heavy atom. The quantitative estimate of drug-likeness (QED) is 0.604. The Hall–Kier alpha value is -1.65. The summed E-state index contributed by atoms with van der Waals surface area (Å²) in [6.07, 6.45) is 1.01. The molecule has 1 aromatic rings. The topological polar surface area (TPSA) is 44.8 Å². The number of benzene rings is 1. The van der Waals surface area contributed by atoms with Crippen LogP contribution >= 0.6 is 0 Å². The number of hydrogen-bond acceptors (Lipinski definition) is 4. The Bertz CT molecular complexity index is 455. The number of esters is 1. The van der Waals surface area contributed by atoms with Crippen LogP contribution < -0.4 is 0 Å². The molecule has 4 heteroatoms. The van der Waals surface area contributed by atoms with Crippen molar-refractivity contribution in [1.29, 1.82) is 0 Å².